The van der Waals surface area contributed by atoms with Gasteiger partial charge in [0.05, 0.1) is 6.04 Å². The third-order valence-corrected chi connectivity index (χ3v) is 10.7. The van der Waals surface area contributed by atoms with Crippen LogP contribution in [-0.4, -0.2) is 67.5 Å². The molecule has 0 saturated heterocycles. The van der Waals surface area contributed by atoms with E-state index in [4.69, 9.17) is 30.0 Å². The summed E-state index contributed by atoms with van der Waals surface area (Å²) in [5.74, 6) is -0.613. The fourth-order valence-corrected chi connectivity index (χ4v) is 6.85. The summed E-state index contributed by atoms with van der Waals surface area (Å²) in [6.07, 6.45) is -0.465. The van der Waals surface area contributed by atoms with E-state index in [2.05, 4.69) is 22.8 Å². The zero-order chi connectivity index (χ0) is 29.6. The number of amides is 2. The molecule has 15 heteroatoms. The molecule has 2 amide bonds. The molecule has 1 atom stereocenters. The van der Waals surface area contributed by atoms with Gasteiger partial charge >= 0.3 is 21.3 Å². The zero-order valence-corrected chi connectivity index (χ0v) is 23.5. The molecule has 0 heterocycles. The van der Waals surface area contributed by atoms with Crippen LogP contribution in [0, 0.1) is 0 Å². The van der Waals surface area contributed by atoms with Crippen LogP contribution in [0.3, 0.4) is 0 Å². The fourth-order valence-electron chi connectivity index (χ4n) is 4.59. The van der Waals surface area contributed by atoms with Crippen LogP contribution >= 0.6 is 15.2 Å². The average Bonchev–Trinajstić information content (AvgIpc) is 3.21. The lowest BCUT2D eigenvalue weighted by atomic mass is 9.98. The minimum Gasteiger partial charge on any atom is -0.449 e. The molecule has 2 aromatic rings. The van der Waals surface area contributed by atoms with Crippen LogP contribution in [0.1, 0.15) is 49.1 Å². The van der Waals surface area contributed by atoms with Gasteiger partial charge in [-0.1, -0.05) is 48.5 Å². The Hall–Kier alpha value is -2.60. The molecule has 13 nitrogen and oxygen atoms in total. The van der Waals surface area contributed by atoms with Gasteiger partial charge in [0.1, 0.15) is 6.61 Å². The van der Waals surface area contributed by atoms with Crippen LogP contribution in [0.5, 0.6) is 0 Å². The predicted octanol–water partition coefficient (Wildman–Crippen LogP) is 1.92. The fraction of sp³-hybridized carbons (Fsp3) is 0.440. The number of carbonyl (C=O) groups excluding carboxylic acids is 2. The van der Waals surface area contributed by atoms with Crippen molar-refractivity contribution in [2.75, 3.05) is 19.7 Å². The zero-order valence-electron chi connectivity index (χ0n) is 21.7. The first-order valence-electron chi connectivity index (χ1n) is 12.7. The van der Waals surface area contributed by atoms with Crippen LogP contribution in [0.4, 0.5) is 4.79 Å². The number of aliphatic hydroxyl groups is 1. The SMILES string of the molecule is N[C@@H](CCCCNC(=O)OCC1c2ccccc2-c2ccccc21)C(=O)NCCCC(O)(P(=O)(O)O)P(=O)(O)O. The lowest BCUT2D eigenvalue weighted by molar-refractivity contribution is -0.122. The van der Waals surface area contributed by atoms with E-state index in [9.17, 15) is 23.8 Å². The Morgan fingerprint density at radius 3 is 1.95 bits per heavy atom. The van der Waals surface area contributed by atoms with E-state index in [1.54, 1.807) is 0 Å². The number of ether oxygens (including phenoxy) is 1. The molecule has 0 unspecified atom stereocenters. The van der Waals surface area contributed by atoms with Gasteiger partial charge in [-0.2, -0.15) is 0 Å². The summed E-state index contributed by atoms with van der Waals surface area (Å²) in [5, 5.41) is 11.4. The standard InChI is InChI=1S/C25H35N3O10P2/c26-22(23(29)27-15-7-13-25(31,39(32,33)34)40(35,36)37)12-5-6-14-28-24(30)38-16-21-19-10-3-1-8-17(19)18-9-2-4-11-20(18)21/h1-4,8-11,21-22,31H,5-7,12-16,26H2,(H,27,29)(H,28,30)(H2,32,33,34)(H2,35,36,37)/t22-/m0/s1. The van der Waals surface area contributed by atoms with Crippen LogP contribution in [0.2, 0.25) is 0 Å². The average molecular weight is 600 g/mol. The van der Waals surface area contributed by atoms with Gasteiger partial charge in [-0.15, -0.1) is 0 Å². The summed E-state index contributed by atoms with van der Waals surface area (Å²) in [5.41, 5.74) is 10.3. The second kappa shape index (κ2) is 13.4. The molecule has 40 heavy (non-hydrogen) atoms. The topological polar surface area (TPSA) is 229 Å². The van der Waals surface area contributed by atoms with E-state index in [0.717, 1.165) is 22.3 Å². The van der Waals surface area contributed by atoms with Gasteiger partial charge in [-0.05, 0) is 47.9 Å². The van der Waals surface area contributed by atoms with Gasteiger partial charge in [-0.25, -0.2) is 4.79 Å². The molecule has 1 aliphatic rings. The number of fused-ring (bicyclic) bond motifs is 3. The second-order valence-corrected chi connectivity index (χ2v) is 13.6. The molecule has 0 radical (unpaired) electrons. The Bertz CT molecular complexity index is 1230. The lowest BCUT2D eigenvalue weighted by Gasteiger charge is -2.29. The van der Waals surface area contributed by atoms with E-state index < -0.39 is 44.7 Å². The van der Waals surface area contributed by atoms with Crippen molar-refractivity contribution in [1.82, 2.24) is 10.6 Å². The van der Waals surface area contributed by atoms with Crippen molar-refractivity contribution >= 4 is 27.2 Å². The highest BCUT2D eigenvalue weighted by molar-refractivity contribution is 7.72. The molecule has 3 rings (SSSR count). The molecule has 0 fully saturated rings. The Kier molecular flexibility index (Phi) is 10.7. The number of unbranched alkanes of at least 4 members (excludes halogenated alkanes) is 1. The lowest BCUT2D eigenvalue weighted by Crippen LogP contribution is -2.41. The normalized spacial score (nSPS) is 14.2. The first-order valence-corrected chi connectivity index (χ1v) is 15.9. The summed E-state index contributed by atoms with van der Waals surface area (Å²) >= 11 is 0. The highest BCUT2D eigenvalue weighted by Crippen LogP contribution is 2.69. The highest BCUT2D eigenvalue weighted by atomic mass is 31.2. The molecule has 0 aromatic heterocycles. The third-order valence-electron chi connectivity index (χ3n) is 6.81. The van der Waals surface area contributed by atoms with Gasteiger partial charge < -0.3 is 45.8 Å². The van der Waals surface area contributed by atoms with E-state index in [1.807, 2.05) is 36.4 Å². The number of carbonyl (C=O) groups is 2. The first-order chi connectivity index (χ1) is 18.8. The van der Waals surface area contributed by atoms with Gasteiger partial charge in [0.25, 0.3) is 5.08 Å². The Labute approximate surface area is 231 Å². The molecule has 1 aliphatic carbocycles. The van der Waals surface area contributed by atoms with Crippen molar-refractivity contribution in [3.63, 3.8) is 0 Å². The Morgan fingerprint density at radius 1 is 0.875 bits per heavy atom. The number of benzene rings is 2. The van der Waals surface area contributed by atoms with Gasteiger partial charge in [0, 0.05) is 25.4 Å². The molecule has 0 spiro atoms. The monoisotopic (exact) mass is 599 g/mol. The van der Waals surface area contributed by atoms with Crippen LogP contribution in [0.25, 0.3) is 11.1 Å². The summed E-state index contributed by atoms with van der Waals surface area (Å²) in [7, 11) is -11.1. The van der Waals surface area contributed by atoms with E-state index in [1.165, 1.54) is 0 Å². The number of alkyl carbamates (subject to hydrolysis) is 1. The molecule has 0 aliphatic heterocycles. The van der Waals surface area contributed by atoms with E-state index >= 15 is 0 Å². The second-order valence-electron chi connectivity index (χ2n) is 9.61. The van der Waals surface area contributed by atoms with Crippen LogP contribution < -0.4 is 16.4 Å². The molecule has 0 bridgehead atoms. The van der Waals surface area contributed by atoms with Crippen molar-refractivity contribution in [3.8, 4) is 11.1 Å². The number of hydrogen-bond acceptors (Lipinski definition) is 7. The molecule has 220 valence electrons. The Balaban J connectivity index is 1.32. The van der Waals surface area contributed by atoms with Gasteiger partial charge in [0.15, 0.2) is 0 Å². The molecule has 2 aromatic carbocycles. The van der Waals surface area contributed by atoms with Crippen LogP contribution in [-0.2, 0) is 18.7 Å². The largest absolute Gasteiger partial charge is 0.449 e. The molecular weight excluding hydrogens is 564 g/mol. The highest BCUT2D eigenvalue weighted by Gasteiger charge is 2.58. The van der Waals surface area contributed by atoms with Crippen LogP contribution in [0.15, 0.2) is 48.5 Å². The number of nitrogens with two attached hydrogens (primary N) is 1. The molecular formula is C25H35N3O10P2. The van der Waals surface area contributed by atoms with Crippen molar-refractivity contribution in [2.45, 2.75) is 49.1 Å². The Morgan fingerprint density at radius 2 is 1.40 bits per heavy atom. The van der Waals surface area contributed by atoms with Crippen molar-refractivity contribution in [3.05, 3.63) is 59.7 Å². The van der Waals surface area contributed by atoms with Crippen molar-refractivity contribution in [1.29, 1.82) is 0 Å². The van der Waals surface area contributed by atoms with Crippen molar-refractivity contribution < 1.29 is 48.1 Å². The quantitative estimate of drug-likeness (QED) is 0.116. The van der Waals surface area contributed by atoms with E-state index in [0.29, 0.717) is 19.4 Å². The van der Waals surface area contributed by atoms with Gasteiger partial charge in [0.2, 0.25) is 5.91 Å². The van der Waals surface area contributed by atoms with Gasteiger partial charge in [-0.3, -0.25) is 13.9 Å². The summed E-state index contributed by atoms with van der Waals surface area (Å²) < 4.78 is 28.2. The summed E-state index contributed by atoms with van der Waals surface area (Å²) in [6.45, 7) is 0.303. The maximum Gasteiger partial charge on any atom is 0.407 e. The third kappa shape index (κ3) is 7.57. The number of rotatable bonds is 14. The smallest absolute Gasteiger partial charge is 0.407 e. The maximum absolute atomic E-state index is 12.2. The minimum atomic E-state index is -5.54. The van der Waals surface area contributed by atoms with E-state index in [-0.39, 0.29) is 31.9 Å². The number of hydrogen-bond donors (Lipinski definition) is 8. The molecule has 0 saturated carbocycles. The molecule has 9 N–H and O–H groups in total. The minimum absolute atomic E-state index is 0.0444. The summed E-state index contributed by atoms with van der Waals surface area (Å²) in [6, 6.07) is 15.1. The number of nitrogens with one attached hydrogen (secondary N) is 2. The first kappa shape index (κ1) is 31.9. The summed E-state index contributed by atoms with van der Waals surface area (Å²) in [4.78, 5) is 60.8. The predicted molar refractivity (Wildman–Crippen MR) is 146 cm³/mol. The maximum atomic E-state index is 12.2. The van der Waals surface area contributed by atoms with Crippen molar-refractivity contribution in [2.24, 2.45) is 5.73 Å².